The molecule has 0 aliphatic heterocycles. The number of amides is 1. The highest BCUT2D eigenvalue weighted by Gasteiger charge is 2.17. The number of thiazole rings is 1. The van der Waals surface area contributed by atoms with Crippen LogP contribution in [0.4, 0.5) is 5.13 Å². The molecule has 1 amide bonds. The topological polar surface area (TPSA) is 36.4 Å². The second kappa shape index (κ2) is 10.6. The Morgan fingerprint density at radius 1 is 1.11 bits per heavy atom. The summed E-state index contributed by atoms with van der Waals surface area (Å²) in [4.78, 5) is 21.4. The molecule has 0 aliphatic carbocycles. The molecule has 2 aromatic carbocycles. The van der Waals surface area contributed by atoms with E-state index in [4.69, 9.17) is 11.6 Å². The molecule has 0 unspecified atom stereocenters. The number of carbonyl (C=O) groups excluding carboxylic acids is 1. The van der Waals surface area contributed by atoms with Crippen molar-refractivity contribution in [1.82, 2.24) is 9.88 Å². The number of benzene rings is 2. The van der Waals surface area contributed by atoms with Crippen LogP contribution in [0.15, 0.2) is 54.6 Å². The molecule has 0 radical (unpaired) electrons. The maximum absolute atomic E-state index is 12.9. The molecule has 0 bridgehead atoms. The lowest BCUT2D eigenvalue weighted by Crippen LogP contribution is -2.32. The van der Waals surface area contributed by atoms with Gasteiger partial charge in [0.25, 0.3) is 5.91 Å². The molecule has 0 N–H and O–H groups in total. The number of anilines is 1. The fraction of sp³-hybridized carbons (Fsp3) is 0.238. The molecule has 0 atom stereocenters. The van der Waals surface area contributed by atoms with Gasteiger partial charge in [-0.2, -0.15) is 0 Å². The van der Waals surface area contributed by atoms with Crippen molar-refractivity contribution >= 4 is 62.7 Å². The molecule has 3 aromatic rings. The molecular weight excluding hydrogens is 413 g/mol. The standard InChI is InChI=1S/C21H22ClN3OS.ClH/c1-24(2)14-7-15-25(21-23-18-10-5-6-11-19(18)27-21)20(26)13-12-16-8-3-4-9-17(16)22;/h3-6,8-13H,7,14-15H2,1-2H3;1H. The smallest absolute Gasteiger partial charge is 0.252 e. The first-order valence-electron chi connectivity index (χ1n) is 8.79. The predicted molar refractivity (Wildman–Crippen MR) is 123 cm³/mol. The van der Waals surface area contributed by atoms with Gasteiger partial charge in [0.1, 0.15) is 0 Å². The van der Waals surface area contributed by atoms with Gasteiger partial charge in [-0.1, -0.05) is 53.3 Å². The summed E-state index contributed by atoms with van der Waals surface area (Å²) in [7, 11) is 4.06. The van der Waals surface area contributed by atoms with E-state index < -0.39 is 0 Å². The molecule has 3 rings (SSSR count). The van der Waals surface area contributed by atoms with E-state index in [2.05, 4.69) is 9.88 Å². The lowest BCUT2D eigenvalue weighted by atomic mass is 10.2. The third-order valence-corrected chi connectivity index (χ3v) is 5.48. The van der Waals surface area contributed by atoms with Crippen LogP contribution in [0.5, 0.6) is 0 Å². The van der Waals surface area contributed by atoms with Crippen molar-refractivity contribution < 1.29 is 4.79 Å². The van der Waals surface area contributed by atoms with E-state index in [-0.39, 0.29) is 18.3 Å². The normalized spacial score (nSPS) is 11.1. The van der Waals surface area contributed by atoms with Gasteiger partial charge in [0.2, 0.25) is 0 Å². The van der Waals surface area contributed by atoms with Crippen LogP contribution >= 0.6 is 35.3 Å². The summed E-state index contributed by atoms with van der Waals surface area (Å²) in [6.07, 6.45) is 4.20. The molecule has 7 heteroatoms. The molecule has 1 heterocycles. The second-order valence-corrected chi connectivity index (χ2v) is 7.88. The number of hydrogen-bond acceptors (Lipinski definition) is 4. The summed E-state index contributed by atoms with van der Waals surface area (Å²) in [5.74, 6) is -0.0901. The molecule has 1 aromatic heterocycles. The number of carbonyl (C=O) groups is 1. The fourth-order valence-corrected chi connectivity index (χ4v) is 3.88. The number of rotatable bonds is 7. The number of halogens is 2. The van der Waals surface area contributed by atoms with E-state index >= 15 is 0 Å². The highest BCUT2D eigenvalue weighted by molar-refractivity contribution is 7.22. The maximum atomic E-state index is 12.9. The van der Waals surface area contributed by atoms with Crippen LogP contribution in [-0.4, -0.2) is 43.0 Å². The van der Waals surface area contributed by atoms with Crippen LogP contribution in [0.1, 0.15) is 12.0 Å². The molecule has 0 saturated carbocycles. The Labute approximate surface area is 180 Å². The third-order valence-electron chi connectivity index (χ3n) is 4.08. The number of aromatic nitrogens is 1. The molecule has 0 spiro atoms. The number of fused-ring (bicyclic) bond motifs is 1. The van der Waals surface area contributed by atoms with Crippen LogP contribution in [-0.2, 0) is 4.79 Å². The fourth-order valence-electron chi connectivity index (χ4n) is 2.68. The van der Waals surface area contributed by atoms with E-state index in [1.165, 1.54) is 11.3 Å². The number of para-hydroxylation sites is 1. The molecular formula is C21H23Cl2N3OS. The van der Waals surface area contributed by atoms with Gasteiger partial charge in [0.05, 0.1) is 10.2 Å². The molecule has 28 heavy (non-hydrogen) atoms. The minimum atomic E-state index is -0.0901. The highest BCUT2D eigenvalue weighted by atomic mass is 35.5. The average Bonchev–Trinajstić information content (AvgIpc) is 3.08. The summed E-state index contributed by atoms with van der Waals surface area (Å²) in [5, 5.41) is 1.35. The Morgan fingerprint density at radius 2 is 1.82 bits per heavy atom. The van der Waals surface area contributed by atoms with Crippen molar-refractivity contribution in [3.8, 4) is 0 Å². The highest BCUT2D eigenvalue weighted by Crippen LogP contribution is 2.29. The quantitative estimate of drug-likeness (QED) is 0.468. The summed E-state index contributed by atoms with van der Waals surface area (Å²) >= 11 is 7.72. The van der Waals surface area contributed by atoms with E-state index in [9.17, 15) is 4.79 Å². The van der Waals surface area contributed by atoms with E-state index in [0.29, 0.717) is 11.6 Å². The van der Waals surface area contributed by atoms with Crippen molar-refractivity contribution in [2.24, 2.45) is 0 Å². The third kappa shape index (κ3) is 5.79. The van der Waals surface area contributed by atoms with Gasteiger partial charge in [-0.3, -0.25) is 9.69 Å². The molecule has 0 fully saturated rings. The van der Waals surface area contributed by atoms with Gasteiger partial charge in [-0.05, 0) is 56.9 Å². The molecule has 0 saturated heterocycles. The minimum Gasteiger partial charge on any atom is -0.309 e. The zero-order chi connectivity index (χ0) is 19.2. The first-order chi connectivity index (χ1) is 13.0. The molecule has 0 aliphatic rings. The number of hydrogen-bond donors (Lipinski definition) is 0. The van der Waals surface area contributed by atoms with Crippen LogP contribution in [0.3, 0.4) is 0 Å². The van der Waals surface area contributed by atoms with Gasteiger partial charge in [-0.25, -0.2) is 4.98 Å². The Hall–Kier alpha value is -1.92. The zero-order valence-electron chi connectivity index (χ0n) is 15.8. The lowest BCUT2D eigenvalue weighted by molar-refractivity contribution is -0.114. The van der Waals surface area contributed by atoms with Crippen molar-refractivity contribution in [3.05, 3.63) is 65.2 Å². The largest absolute Gasteiger partial charge is 0.309 e. The maximum Gasteiger partial charge on any atom is 0.252 e. The lowest BCUT2D eigenvalue weighted by Gasteiger charge is -2.19. The summed E-state index contributed by atoms with van der Waals surface area (Å²) < 4.78 is 1.08. The van der Waals surface area contributed by atoms with Gasteiger partial charge in [0, 0.05) is 17.6 Å². The first kappa shape index (κ1) is 22.4. The van der Waals surface area contributed by atoms with Crippen LogP contribution in [0.2, 0.25) is 5.02 Å². The van der Waals surface area contributed by atoms with Crippen LogP contribution < -0.4 is 4.90 Å². The van der Waals surface area contributed by atoms with Crippen molar-refractivity contribution in [2.75, 3.05) is 32.1 Å². The van der Waals surface area contributed by atoms with Crippen LogP contribution in [0.25, 0.3) is 16.3 Å². The summed E-state index contributed by atoms with van der Waals surface area (Å²) in [6.45, 7) is 1.52. The predicted octanol–water partition coefficient (Wildman–Crippen LogP) is 5.37. The van der Waals surface area contributed by atoms with Gasteiger partial charge in [0.15, 0.2) is 5.13 Å². The van der Waals surface area contributed by atoms with E-state index in [0.717, 1.165) is 33.9 Å². The first-order valence-corrected chi connectivity index (χ1v) is 9.98. The van der Waals surface area contributed by atoms with Crippen molar-refractivity contribution in [3.63, 3.8) is 0 Å². The molecule has 148 valence electrons. The van der Waals surface area contributed by atoms with E-state index in [1.807, 2.05) is 62.6 Å². The van der Waals surface area contributed by atoms with Gasteiger partial charge >= 0.3 is 0 Å². The Bertz CT molecular complexity index is 922. The Kier molecular flexibility index (Phi) is 8.45. The van der Waals surface area contributed by atoms with Gasteiger partial charge in [-0.15, -0.1) is 12.4 Å². The van der Waals surface area contributed by atoms with Crippen molar-refractivity contribution in [1.29, 1.82) is 0 Å². The van der Waals surface area contributed by atoms with Crippen molar-refractivity contribution in [2.45, 2.75) is 6.42 Å². The van der Waals surface area contributed by atoms with E-state index in [1.54, 1.807) is 17.1 Å². The zero-order valence-corrected chi connectivity index (χ0v) is 18.2. The Morgan fingerprint density at radius 3 is 2.54 bits per heavy atom. The molecule has 4 nitrogen and oxygen atoms in total. The average molecular weight is 436 g/mol. The number of nitrogens with zero attached hydrogens (tertiary/aromatic N) is 3. The SMILES string of the molecule is CN(C)CCCN(C(=O)C=Cc1ccccc1Cl)c1nc2ccccc2s1.Cl. The second-order valence-electron chi connectivity index (χ2n) is 6.47. The van der Waals surface area contributed by atoms with Gasteiger partial charge < -0.3 is 4.90 Å². The summed E-state index contributed by atoms with van der Waals surface area (Å²) in [6, 6.07) is 15.4. The van der Waals surface area contributed by atoms with Crippen LogP contribution in [0, 0.1) is 0 Å². The summed E-state index contributed by atoms with van der Waals surface area (Å²) in [5.41, 5.74) is 1.74. The minimum absolute atomic E-state index is 0. The Balaban J connectivity index is 0.00000280. The monoisotopic (exact) mass is 435 g/mol.